The van der Waals surface area contributed by atoms with Crippen molar-refractivity contribution in [2.24, 2.45) is 23.7 Å². The van der Waals surface area contributed by atoms with Crippen LogP contribution in [-0.2, 0) is 16.0 Å². The van der Waals surface area contributed by atoms with Gasteiger partial charge in [0.05, 0.1) is 5.02 Å². The molecule has 3 aliphatic rings. The predicted molar refractivity (Wildman–Crippen MR) is 113 cm³/mol. The van der Waals surface area contributed by atoms with Crippen LogP contribution in [-0.4, -0.2) is 11.6 Å². The minimum atomic E-state index is -0.646. The van der Waals surface area contributed by atoms with Crippen molar-refractivity contribution in [2.45, 2.75) is 38.5 Å². The van der Waals surface area contributed by atoms with Crippen LogP contribution in [0.4, 0.5) is 0 Å². The molecule has 2 aromatic carbocycles. The molecule has 0 aromatic heterocycles. The van der Waals surface area contributed by atoms with Gasteiger partial charge in [0.1, 0.15) is 17.4 Å². The number of rotatable bonds is 4. The highest BCUT2D eigenvalue weighted by Crippen LogP contribution is 2.59. The highest BCUT2D eigenvalue weighted by molar-refractivity contribution is 6.35. The zero-order valence-electron chi connectivity index (χ0n) is 16.2. The molecule has 3 saturated carbocycles. The van der Waals surface area contributed by atoms with Crippen LogP contribution in [0.3, 0.4) is 0 Å². The number of halogens is 2. The minimum absolute atomic E-state index is 0.0637. The van der Waals surface area contributed by atoms with E-state index in [4.69, 9.17) is 27.9 Å². The van der Waals surface area contributed by atoms with Crippen molar-refractivity contribution in [3.8, 4) is 11.5 Å². The predicted octanol–water partition coefficient (Wildman–Crippen LogP) is 6.25. The van der Waals surface area contributed by atoms with Gasteiger partial charge in [0, 0.05) is 16.9 Å². The number of carbonyl (C=O) groups excluding carboxylic acids is 2. The zero-order chi connectivity index (χ0) is 20.3. The van der Waals surface area contributed by atoms with E-state index in [1.807, 2.05) is 25.1 Å². The van der Waals surface area contributed by atoms with Gasteiger partial charge < -0.3 is 4.74 Å². The second kappa shape index (κ2) is 7.14. The van der Waals surface area contributed by atoms with E-state index >= 15 is 0 Å². The summed E-state index contributed by atoms with van der Waals surface area (Å²) >= 11 is 12.2. The van der Waals surface area contributed by atoms with Gasteiger partial charge in [-0.2, -0.15) is 0 Å². The van der Waals surface area contributed by atoms with Gasteiger partial charge in [0.15, 0.2) is 11.6 Å². The number of ether oxygens (including phenoxy) is 1. The maximum atomic E-state index is 13.3. The van der Waals surface area contributed by atoms with E-state index < -0.39 is 5.92 Å². The third kappa shape index (κ3) is 3.02. The van der Waals surface area contributed by atoms with Gasteiger partial charge in [-0.05, 0) is 79.0 Å². The Morgan fingerprint density at radius 1 is 0.966 bits per heavy atom. The average molecular weight is 429 g/mol. The van der Waals surface area contributed by atoms with Crippen molar-refractivity contribution < 1.29 is 14.3 Å². The fourth-order valence-electron chi connectivity index (χ4n) is 5.85. The van der Waals surface area contributed by atoms with Crippen LogP contribution in [0.2, 0.25) is 10.0 Å². The van der Waals surface area contributed by atoms with Crippen LogP contribution in [0.25, 0.3) is 0 Å². The summed E-state index contributed by atoms with van der Waals surface area (Å²) in [4.78, 5) is 26.6. The summed E-state index contributed by atoms with van der Waals surface area (Å²) in [5, 5.41) is 0.949. The van der Waals surface area contributed by atoms with Crippen molar-refractivity contribution >= 4 is 34.8 Å². The fourth-order valence-corrected chi connectivity index (χ4v) is 6.30. The fraction of sp³-hybridized carbons (Fsp3) is 0.417. The van der Waals surface area contributed by atoms with Gasteiger partial charge >= 0.3 is 0 Å². The van der Waals surface area contributed by atoms with Crippen molar-refractivity contribution in [2.75, 3.05) is 0 Å². The zero-order valence-corrected chi connectivity index (χ0v) is 17.7. The van der Waals surface area contributed by atoms with Crippen LogP contribution in [0.15, 0.2) is 36.4 Å². The smallest absolute Gasteiger partial charge is 0.151 e. The first-order valence-corrected chi connectivity index (χ1v) is 11.1. The second-order valence-electron chi connectivity index (χ2n) is 8.51. The van der Waals surface area contributed by atoms with Crippen molar-refractivity contribution in [1.82, 2.24) is 0 Å². The largest absolute Gasteiger partial charge is 0.456 e. The summed E-state index contributed by atoms with van der Waals surface area (Å²) in [6.07, 6.45) is 4.00. The lowest BCUT2D eigenvalue weighted by atomic mass is 9.81. The Morgan fingerprint density at radius 2 is 1.66 bits per heavy atom. The van der Waals surface area contributed by atoms with Crippen LogP contribution in [0.5, 0.6) is 11.5 Å². The molecule has 2 aromatic rings. The summed E-state index contributed by atoms with van der Waals surface area (Å²) in [5.74, 6) is 1.36. The van der Waals surface area contributed by atoms with E-state index in [1.165, 1.54) is 0 Å². The summed E-state index contributed by atoms with van der Waals surface area (Å²) in [6, 6.07) is 10.7. The molecule has 0 spiro atoms. The van der Waals surface area contributed by atoms with Crippen molar-refractivity contribution in [3.63, 3.8) is 0 Å². The Morgan fingerprint density at radius 3 is 2.28 bits per heavy atom. The first kappa shape index (κ1) is 19.1. The Bertz CT molecular complexity index is 987. The summed E-state index contributed by atoms with van der Waals surface area (Å²) in [5.41, 5.74) is 1.83. The first-order valence-electron chi connectivity index (χ1n) is 10.3. The summed E-state index contributed by atoms with van der Waals surface area (Å²) in [6.45, 7) is 2.05. The Hall–Kier alpha value is -1.84. The quantitative estimate of drug-likeness (QED) is 0.540. The molecule has 3 fully saturated rings. The SMILES string of the molecule is CCc1ccc(Oc2ccc(Cl)cc2Cl)cc1C1C(=O)[C@@H]2[C@@H]3CC[C@@H](C3)[C@@H]2C1=O. The molecule has 5 atom stereocenters. The van der Waals surface area contributed by atoms with E-state index in [1.54, 1.807) is 18.2 Å². The summed E-state index contributed by atoms with van der Waals surface area (Å²) in [7, 11) is 0. The lowest BCUT2D eigenvalue weighted by molar-refractivity contribution is -0.125. The van der Waals surface area contributed by atoms with Crippen LogP contribution in [0.1, 0.15) is 43.2 Å². The lowest BCUT2D eigenvalue weighted by Crippen LogP contribution is -2.24. The second-order valence-corrected chi connectivity index (χ2v) is 9.36. The highest BCUT2D eigenvalue weighted by atomic mass is 35.5. The molecule has 3 nitrogen and oxygen atoms in total. The summed E-state index contributed by atoms with van der Waals surface area (Å²) < 4.78 is 5.97. The number of aryl methyl sites for hydroxylation is 1. The first-order chi connectivity index (χ1) is 14.0. The monoisotopic (exact) mass is 428 g/mol. The van der Waals surface area contributed by atoms with Gasteiger partial charge in [-0.3, -0.25) is 9.59 Å². The number of fused-ring (bicyclic) bond motifs is 5. The average Bonchev–Trinajstić information content (AvgIpc) is 3.38. The number of hydrogen-bond acceptors (Lipinski definition) is 3. The molecule has 3 aliphatic carbocycles. The highest BCUT2D eigenvalue weighted by Gasteiger charge is 2.61. The molecule has 0 N–H and O–H groups in total. The molecule has 5 heteroatoms. The molecule has 2 bridgehead atoms. The Kier molecular flexibility index (Phi) is 4.71. The minimum Gasteiger partial charge on any atom is -0.456 e. The maximum absolute atomic E-state index is 13.3. The van der Waals surface area contributed by atoms with E-state index in [2.05, 4.69) is 0 Å². The standard InChI is InChI=1S/C24H22Cl2O3/c1-2-12-5-7-16(29-19-8-6-15(25)10-18(19)26)11-17(12)22-23(27)20-13-3-4-14(9-13)21(20)24(22)28/h5-8,10-11,13-14,20-22H,2-4,9H2,1H3/t13-,14+,20-,21+,22?. The van der Waals surface area contributed by atoms with Crippen LogP contribution in [0, 0.1) is 23.7 Å². The molecular formula is C24H22Cl2O3. The molecular weight excluding hydrogens is 407 g/mol. The third-order valence-corrected chi connectivity index (χ3v) is 7.60. The van der Waals surface area contributed by atoms with Gasteiger partial charge in [-0.15, -0.1) is 0 Å². The lowest BCUT2D eigenvalue weighted by Gasteiger charge is -2.21. The van der Waals surface area contributed by atoms with E-state index in [0.29, 0.717) is 33.4 Å². The van der Waals surface area contributed by atoms with E-state index in [9.17, 15) is 9.59 Å². The van der Waals surface area contributed by atoms with Gasteiger partial charge in [-0.25, -0.2) is 0 Å². The third-order valence-electron chi connectivity index (χ3n) is 7.07. The molecule has 1 unspecified atom stereocenters. The Labute approximate surface area is 180 Å². The number of benzene rings is 2. The molecule has 150 valence electrons. The van der Waals surface area contributed by atoms with Crippen LogP contribution < -0.4 is 4.74 Å². The maximum Gasteiger partial charge on any atom is 0.151 e. The number of Topliss-reactive ketones (excluding diaryl/α,β-unsaturated/α-hetero) is 2. The van der Waals surface area contributed by atoms with Gasteiger partial charge in [0.25, 0.3) is 0 Å². The van der Waals surface area contributed by atoms with Gasteiger partial charge in [0.2, 0.25) is 0 Å². The van der Waals surface area contributed by atoms with E-state index in [-0.39, 0.29) is 23.4 Å². The molecule has 0 radical (unpaired) electrons. The molecule has 5 rings (SSSR count). The van der Waals surface area contributed by atoms with Crippen LogP contribution >= 0.6 is 23.2 Å². The molecule has 29 heavy (non-hydrogen) atoms. The number of ketones is 2. The normalized spacial score (nSPS) is 30.1. The number of carbonyl (C=O) groups is 2. The molecule has 0 heterocycles. The van der Waals surface area contributed by atoms with E-state index in [0.717, 1.165) is 36.8 Å². The van der Waals surface area contributed by atoms with Crippen molar-refractivity contribution in [3.05, 3.63) is 57.6 Å². The molecule has 0 saturated heterocycles. The molecule has 0 aliphatic heterocycles. The molecule has 0 amide bonds. The Balaban J connectivity index is 1.50. The topological polar surface area (TPSA) is 43.4 Å². The van der Waals surface area contributed by atoms with Gasteiger partial charge in [-0.1, -0.05) is 36.2 Å². The number of hydrogen-bond donors (Lipinski definition) is 0. The van der Waals surface area contributed by atoms with Crippen molar-refractivity contribution in [1.29, 1.82) is 0 Å².